The molecule has 0 unspecified atom stereocenters. The van der Waals surface area contributed by atoms with Gasteiger partial charge in [0.1, 0.15) is 5.75 Å². The van der Waals surface area contributed by atoms with Gasteiger partial charge in [-0.3, -0.25) is 4.99 Å². The average molecular weight is 508 g/mol. The molecule has 1 aliphatic rings. The van der Waals surface area contributed by atoms with E-state index in [4.69, 9.17) is 21.1 Å². The Labute approximate surface area is 205 Å². The second kappa shape index (κ2) is 12.1. The Morgan fingerprint density at radius 2 is 1.79 bits per heavy atom. The Hall–Kier alpha value is -2.78. The maximum absolute atomic E-state index is 12.5. The molecule has 2 N–H and O–H groups in total. The van der Waals surface area contributed by atoms with Gasteiger partial charge in [0.05, 0.1) is 24.7 Å². The van der Waals surface area contributed by atoms with Crippen LogP contribution in [-0.2, 0) is 21.2 Å². The summed E-state index contributed by atoms with van der Waals surface area (Å²) in [5.74, 6) is 0.992. The highest BCUT2D eigenvalue weighted by molar-refractivity contribution is 7.90. The first kappa shape index (κ1) is 25.8. The predicted octanol–water partition coefficient (Wildman–Crippen LogP) is 4.30. The molecule has 0 heterocycles. The topological polar surface area (TPSA) is 106 Å². The second-order valence-electron chi connectivity index (χ2n) is 8.04. The Morgan fingerprint density at radius 1 is 1.09 bits per heavy atom. The standard InChI is InChI=1S/C24H30ClN3O5S/c1-32-22-13-10-18(25)16-21(22)23(33-2)26-15-14-17-8-11-20(12-9-17)34(30,31)28-24(29)27-19-6-4-3-5-7-19/h8-13,16,19H,3-7,14-15H2,1-2H3,(H2,27,28,29)/b26-23-. The van der Waals surface area contributed by atoms with Crippen LogP contribution in [0.2, 0.25) is 5.02 Å². The van der Waals surface area contributed by atoms with Crippen molar-refractivity contribution in [3.8, 4) is 5.75 Å². The fraction of sp³-hybridized carbons (Fsp3) is 0.417. The number of benzene rings is 2. The fourth-order valence-electron chi connectivity index (χ4n) is 3.87. The van der Waals surface area contributed by atoms with Gasteiger partial charge in [-0.05, 0) is 55.2 Å². The van der Waals surface area contributed by atoms with E-state index in [0.717, 1.165) is 37.7 Å². The van der Waals surface area contributed by atoms with Gasteiger partial charge >= 0.3 is 6.03 Å². The van der Waals surface area contributed by atoms with Crippen molar-refractivity contribution in [3.63, 3.8) is 0 Å². The number of halogens is 1. The van der Waals surface area contributed by atoms with Gasteiger partial charge in [-0.2, -0.15) is 0 Å². The third-order valence-corrected chi connectivity index (χ3v) is 7.22. The number of hydrogen-bond acceptors (Lipinski definition) is 6. The van der Waals surface area contributed by atoms with Gasteiger partial charge in [0, 0.05) is 17.6 Å². The van der Waals surface area contributed by atoms with E-state index in [9.17, 15) is 13.2 Å². The maximum atomic E-state index is 12.5. The van der Waals surface area contributed by atoms with Crippen LogP contribution in [-0.4, -0.2) is 47.2 Å². The van der Waals surface area contributed by atoms with E-state index in [1.165, 1.54) is 19.2 Å². The molecule has 1 aliphatic carbocycles. The van der Waals surface area contributed by atoms with Crippen LogP contribution in [0.25, 0.3) is 0 Å². The van der Waals surface area contributed by atoms with Gasteiger partial charge in [-0.1, -0.05) is 43.0 Å². The molecular weight excluding hydrogens is 478 g/mol. The van der Waals surface area contributed by atoms with Crippen molar-refractivity contribution < 1.29 is 22.7 Å². The van der Waals surface area contributed by atoms with Crippen molar-refractivity contribution in [1.29, 1.82) is 0 Å². The molecule has 2 aromatic carbocycles. The lowest BCUT2D eigenvalue weighted by molar-refractivity contribution is 0.237. The minimum absolute atomic E-state index is 0.0238. The number of carbonyl (C=O) groups excluding carboxylic acids is 1. The third-order valence-electron chi connectivity index (χ3n) is 5.64. The first-order chi connectivity index (χ1) is 16.3. The van der Waals surface area contributed by atoms with Crippen molar-refractivity contribution in [2.24, 2.45) is 4.99 Å². The second-order valence-corrected chi connectivity index (χ2v) is 10.2. The molecule has 0 aromatic heterocycles. The zero-order valence-electron chi connectivity index (χ0n) is 19.3. The lowest BCUT2D eigenvalue weighted by atomic mass is 9.96. The molecule has 0 bridgehead atoms. The molecule has 8 nitrogen and oxygen atoms in total. The maximum Gasteiger partial charge on any atom is 0.328 e. The highest BCUT2D eigenvalue weighted by atomic mass is 35.5. The summed E-state index contributed by atoms with van der Waals surface area (Å²) in [6, 6.07) is 10.9. The molecule has 1 saturated carbocycles. The predicted molar refractivity (Wildman–Crippen MR) is 132 cm³/mol. The minimum atomic E-state index is -3.95. The van der Waals surface area contributed by atoms with Crippen LogP contribution in [0.4, 0.5) is 4.79 Å². The summed E-state index contributed by atoms with van der Waals surface area (Å²) in [7, 11) is -0.865. The van der Waals surface area contributed by atoms with Crippen LogP contribution in [0.5, 0.6) is 5.75 Å². The quantitative estimate of drug-likeness (QED) is 0.409. The van der Waals surface area contributed by atoms with Gasteiger partial charge in [0.25, 0.3) is 10.0 Å². The third kappa shape index (κ3) is 7.11. The molecule has 0 atom stereocenters. The van der Waals surface area contributed by atoms with E-state index in [0.29, 0.717) is 35.2 Å². The van der Waals surface area contributed by atoms with E-state index in [1.807, 2.05) is 0 Å². The van der Waals surface area contributed by atoms with Gasteiger partial charge < -0.3 is 14.8 Å². The number of nitrogens with zero attached hydrogens (tertiary/aromatic N) is 1. The smallest absolute Gasteiger partial charge is 0.328 e. The van der Waals surface area contributed by atoms with Crippen molar-refractivity contribution in [2.75, 3.05) is 20.8 Å². The first-order valence-electron chi connectivity index (χ1n) is 11.2. The number of amides is 2. The van der Waals surface area contributed by atoms with Gasteiger partial charge in [-0.25, -0.2) is 17.9 Å². The fourth-order valence-corrected chi connectivity index (χ4v) is 4.96. The molecule has 0 aliphatic heterocycles. The Balaban J connectivity index is 1.59. The summed E-state index contributed by atoms with van der Waals surface area (Å²) in [4.78, 5) is 16.7. The van der Waals surface area contributed by atoms with E-state index in [2.05, 4.69) is 15.0 Å². The van der Waals surface area contributed by atoms with Crippen molar-refractivity contribution in [3.05, 3.63) is 58.6 Å². The van der Waals surface area contributed by atoms with E-state index in [-0.39, 0.29) is 10.9 Å². The Bertz CT molecular complexity index is 1110. The Kier molecular flexibility index (Phi) is 9.18. The lowest BCUT2D eigenvalue weighted by Gasteiger charge is -2.22. The summed E-state index contributed by atoms with van der Waals surface area (Å²) in [5, 5.41) is 3.29. The number of nitrogens with one attached hydrogen (secondary N) is 2. The van der Waals surface area contributed by atoms with Crippen LogP contribution in [0.3, 0.4) is 0 Å². The number of rotatable bonds is 8. The monoisotopic (exact) mass is 507 g/mol. The largest absolute Gasteiger partial charge is 0.496 e. The van der Waals surface area contributed by atoms with Crippen LogP contribution in [0.1, 0.15) is 43.2 Å². The molecule has 0 radical (unpaired) electrons. The average Bonchev–Trinajstić information content (AvgIpc) is 2.82. The van der Waals surface area contributed by atoms with Gasteiger partial charge in [0.2, 0.25) is 5.90 Å². The number of hydrogen-bond donors (Lipinski definition) is 2. The summed E-state index contributed by atoms with van der Waals surface area (Å²) in [6.45, 7) is 0.410. The van der Waals surface area contributed by atoms with Crippen molar-refractivity contribution in [1.82, 2.24) is 10.0 Å². The van der Waals surface area contributed by atoms with Crippen molar-refractivity contribution >= 4 is 33.6 Å². The lowest BCUT2D eigenvalue weighted by Crippen LogP contribution is -2.45. The van der Waals surface area contributed by atoms with E-state index < -0.39 is 16.1 Å². The van der Waals surface area contributed by atoms with E-state index >= 15 is 0 Å². The molecule has 3 rings (SSSR count). The SMILES string of the molecule is CO/C(=N\CCc1ccc(S(=O)(=O)NC(=O)NC2CCCCC2)cc1)c1cc(Cl)ccc1OC. The molecule has 2 aromatic rings. The number of ether oxygens (including phenoxy) is 2. The zero-order chi connectivity index (χ0) is 24.6. The van der Waals surface area contributed by atoms with E-state index in [1.54, 1.807) is 37.4 Å². The minimum Gasteiger partial charge on any atom is -0.496 e. The number of urea groups is 1. The molecule has 34 heavy (non-hydrogen) atoms. The highest BCUT2D eigenvalue weighted by Crippen LogP contribution is 2.24. The molecule has 0 spiro atoms. The van der Waals surface area contributed by atoms with Gasteiger partial charge in [0.15, 0.2) is 0 Å². The number of sulfonamides is 1. The normalized spacial score (nSPS) is 15.0. The number of carbonyl (C=O) groups is 1. The molecule has 0 saturated heterocycles. The van der Waals surface area contributed by atoms with Gasteiger partial charge in [-0.15, -0.1) is 0 Å². The summed E-state index contributed by atoms with van der Waals surface area (Å²) >= 11 is 6.09. The van der Waals surface area contributed by atoms with Crippen LogP contribution in [0, 0.1) is 0 Å². The first-order valence-corrected chi connectivity index (χ1v) is 13.0. The molecule has 2 amide bonds. The Morgan fingerprint density at radius 3 is 2.44 bits per heavy atom. The zero-order valence-corrected chi connectivity index (χ0v) is 20.9. The highest BCUT2D eigenvalue weighted by Gasteiger charge is 2.21. The molecule has 1 fully saturated rings. The summed E-state index contributed by atoms with van der Waals surface area (Å²) < 4.78 is 38.0. The molecule has 184 valence electrons. The summed E-state index contributed by atoms with van der Waals surface area (Å²) in [5.41, 5.74) is 1.54. The number of methoxy groups -OCH3 is 2. The van der Waals surface area contributed by atoms with Crippen LogP contribution < -0.4 is 14.8 Å². The summed E-state index contributed by atoms with van der Waals surface area (Å²) in [6.07, 6.45) is 5.55. The number of aliphatic imine (C=N–C) groups is 1. The molecule has 10 heteroatoms. The van der Waals surface area contributed by atoms with Crippen LogP contribution in [0.15, 0.2) is 52.4 Å². The van der Waals surface area contributed by atoms with Crippen LogP contribution >= 0.6 is 11.6 Å². The molecular formula is C24H30ClN3O5S. The van der Waals surface area contributed by atoms with Crippen molar-refractivity contribution in [2.45, 2.75) is 49.5 Å².